The summed E-state index contributed by atoms with van der Waals surface area (Å²) in [7, 11) is 0. The van der Waals surface area contributed by atoms with Crippen LogP contribution in [0.15, 0.2) is 0 Å². The molecule has 0 aromatic heterocycles. The predicted octanol–water partition coefficient (Wildman–Crippen LogP) is 3.21. The molecular formula is C9H17ClO. The first-order valence-electron chi connectivity index (χ1n) is 4.12. The maximum Gasteiger partial charge on any atom is 0.227 e. The topological polar surface area (TPSA) is 17.1 Å². The van der Waals surface area contributed by atoms with Gasteiger partial charge >= 0.3 is 0 Å². The van der Waals surface area contributed by atoms with E-state index in [-0.39, 0.29) is 10.7 Å². The molecule has 0 aromatic carbocycles. The molecule has 0 rings (SSSR count). The van der Waals surface area contributed by atoms with Crippen LogP contribution in [0.4, 0.5) is 0 Å². The summed E-state index contributed by atoms with van der Waals surface area (Å²) in [6.07, 6.45) is 2.17. The molecule has 1 nitrogen and oxygen atoms in total. The summed E-state index contributed by atoms with van der Waals surface area (Å²) in [6.45, 7) is 8.00. The predicted molar refractivity (Wildman–Crippen MR) is 48.7 cm³/mol. The molecule has 0 heterocycles. The first-order valence-corrected chi connectivity index (χ1v) is 4.50. The molecule has 1 unspecified atom stereocenters. The highest BCUT2D eigenvalue weighted by molar-refractivity contribution is 6.64. The van der Waals surface area contributed by atoms with Gasteiger partial charge in [-0.1, -0.05) is 34.1 Å². The lowest BCUT2D eigenvalue weighted by atomic mass is 9.79. The summed E-state index contributed by atoms with van der Waals surface area (Å²) in [5.41, 5.74) is -0.364. The van der Waals surface area contributed by atoms with Gasteiger partial charge in [-0.15, -0.1) is 0 Å². The SMILES string of the molecule is CCCC(C)C(C)(C)C(=O)Cl. The monoisotopic (exact) mass is 176 g/mol. The van der Waals surface area contributed by atoms with Gasteiger partial charge in [-0.05, 0) is 23.9 Å². The molecule has 0 saturated carbocycles. The molecule has 0 aromatic rings. The van der Waals surface area contributed by atoms with Crippen molar-refractivity contribution in [2.24, 2.45) is 11.3 Å². The van der Waals surface area contributed by atoms with Gasteiger partial charge < -0.3 is 0 Å². The zero-order valence-electron chi connectivity index (χ0n) is 7.78. The summed E-state index contributed by atoms with van der Waals surface area (Å²) in [4.78, 5) is 10.9. The maximum absolute atomic E-state index is 10.9. The van der Waals surface area contributed by atoms with Crippen molar-refractivity contribution in [2.45, 2.75) is 40.5 Å². The van der Waals surface area contributed by atoms with Crippen LogP contribution in [0.3, 0.4) is 0 Å². The van der Waals surface area contributed by atoms with Gasteiger partial charge in [-0.3, -0.25) is 4.79 Å². The van der Waals surface area contributed by atoms with Crippen molar-refractivity contribution in [2.75, 3.05) is 0 Å². The van der Waals surface area contributed by atoms with Gasteiger partial charge in [0.25, 0.3) is 0 Å². The largest absolute Gasteiger partial charge is 0.281 e. The second-order valence-corrected chi connectivity index (χ2v) is 4.03. The average molecular weight is 177 g/mol. The van der Waals surface area contributed by atoms with Gasteiger partial charge in [-0.25, -0.2) is 0 Å². The number of hydrogen-bond donors (Lipinski definition) is 0. The standard InChI is InChI=1S/C9H17ClO/c1-5-6-7(2)9(3,4)8(10)11/h7H,5-6H2,1-4H3. The third-order valence-corrected chi connectivity index (χ3v) is 2.95. The van der Waals surface area contributed by atoms with E-state index < -0.39 is 0 Å². The van der Waals surface area contributed by atoms with Crippen molar-refractivity contribution in [3.8, 4) is 0 Å². The minimum Gasteiger partial charge on any atom is -0.281 e. The fraction of sp³-hybridized carbons (Fsp3) is 0.889. The summed E-state index contributed by atoms with van der Waals surface area (Å²) >= 11 is 5.46. The van der Waals surface area contributed by atoms with Crippen LogP contribution in [0.2, 0.25) is 0 Å². The van der Waals surface area contributed by atoms with Crippen molar-refractivity contribution in [3.05, 3.63) is 0 Å². The lowest BCUT2D eigenvalue weighted by Crippen LogP contribution is -2.27. The van der Waals surface area contributed by atoms with E-state index in [4.69, 9.17) is 11.6 Å². The van der Waals surface area contributed by atoms with E-state index in [1.165, 1.54) is 0 Å². The highest BCUT2D eigenvalue weighted by atomic mass is 35.5. The first-order chi connectivity index (χ1) is 4.92. The number of hydrogen-bond acceptors (Lipinski definition) is 1. The molecule has 0 radical (unpaired) electrons. The quantitative estimate of drug-likeness (QED) is 0.602. The third kappa shape index (κ3) is 2.82. The fourth-order valence-corrected chi connectivity index (χ4v) is 1.17. The van der Waals surface area contributed by atoms with Gasteiger partial charge in [0.05, 0.1) is 0 Å². The van der Waals surface area contributed by atoms with Crippen molar-refractivity contribution in [3.63, 3.8) is 0 Å². The molecule has 0 aliphatic carbocycles. The molecular weight excluding hydrogens is 160 g/mol. The highest BCUT2D eigenvalue weighted by Gasteiger charge is 2.31. The Kier molecular flexibility index (Phi) is 4.09. The summed E-state index contributed by atoms with van der Waals surface area (Å²) < 4.78 is 0. The van der Waals surface area contributed by atoms with Gasteiger partial charge in [-0.2, -0.15) is 0 Å². The van der Waals surface area contributed by atoms with Gasteiger partial charge in [0.1, 0.15) is 0 Å². The van der Waals surface area contributed by atoms with Gasteiger partial charge in [0.15, 0.2) is 0 Å². The number of carbonyl (C=O) groups is 1. The number of carbonyl (C=O) groups excluding carboxylic acids is 1. The average Bonchev–Trinajstić information content (AvgIpc) is 1.88. The van der Waals surface area contributed by atoms with Crippen molar-refractivity contribution in [1.82, 2.24) is 0 Å². The molecule has 0 fully saturated rings. The van der Waals surface area contributed by atoms with Crippen LogP contribution in [0.25, 0.3) is 0 Å². The minimum atomic E-state index is -0.364. The Morgan fingerprint density at radius 1 is 1.55 bits per heavy atom. The van der Waals surface area contributed by atoms with E-state index in [2.05, 4.69) is 13.8 Å². The van der Waals surface area contributed by atoms with Crippen LogP contribution in [-0.2, 0) is 4.79 Å². The van der Waals surface area contributed by atoms with Crippen molar-refractivity contribution >= 4 is 16.8 Å². The van der Waals surface area contributed by atoms with Gasteiger partial charge in [0.2, 0.25) is 5.24 Å². The minimum absolute atomic E-state index is 0.224. The zero-order chi connectivity index (χ0) is 9.07. The molecule has 0 N–H and O–H groups in total. The Labute approximate surface area is 74.1 Å². The van der Waals surface area contributed by atoms with Crippen molar-refractivity contribution in [1.29, 1.82) is 0 Å². The van der Waals surface area contributed by atoms with E-state index in [1.54, 1.807) is 0 Å². The lowest BCUT2D eigenvalue weighted by molar-refractivity contribution is -0.121. The van der Waals surface area contributed by atoms with E-state index in [1.807, 2.05) is 13.8 Å². The van der Waals surface area contributed by atoms with E-state index in [0.717, 1.165) is 12.8 Å². The molecule has 0 saturated heterocycles. The zero-order valence-corrected chi connectivity index (χ0v) is 8.53. The number of halogens is 1. The van der Waals surface area contributed by atoms with Crippen molar-refractivity contribution < 1.29 is 4.79 Å². The third-order valence-electron chi connectivity index (χ3n) is 2.46. The Morgan fingerprint density at radius 2 is 2.00 bits per heavy atom. The van der Waals surface area contributed by atoms with E-state index in [0.29, 0.717) is 5.92 Å². The van der Waals surface area contributed by atoms with Crippen LogP contribution in [0.1, 0.15) is 40.5 Å². The first kappa shape index (κ1) is 11.0. The van der Waals surface area contributed by atoms with Crippen LogP contribution < -0.4 is 0 Å². The molecule has 0 bridgehead atoms. The normalized spacial score (nSPS) is 14.6. The smallest absolute Gasteiger partial charge is 0.227 e. The Hall–Kier alpha value is -0.0400. The molecule has 0 spiro atoms. The number of rotatable bonds is 4. The molecule has 1 atom stereocenters. The fourth-order valence-electron chi connectivity index (χ4n) is 0.988. The van der Waals surface area contributed by atoms with Crippen LogP contribution in [0.5, 0.6) is 0 Å². The Bertz CT molecular complexity index is 140. The second kappa shape index (κ2) is 4.10. The molecule has 0 aliphatic rings. The van der Waals surface area contributed by atoms with Crippen LogP contribution in [-0.4, -0.2) is 5.24 Å². The Morgan fingerprint density at radius 3 is 2.27 bits per heavy atom. The van der Waals surface area contributed by atoms with E-state index >= 15 is 0 Å². The molecule has 0 amide bonds. The second-order valence-electron chi connectivity index (χ2n) is 3.69. The van der Waals surface area contributed by atoms with Crippen LogP contribution >= 0.6 is 11.6 Å². The summed E-state index contributed by atoms with van der Waals surface area (Å²) in [5, 5.41) is -0.224. The van der Waals surface area contributed by atoms with Gasteiger partial charge in [0, 0.05) is 5.41 Å². The molecule has 2 heteroatoms. The molecule has 11 heavy (non-hydrogen) atoms. The Balaban J connectivity index is 4.17. The van der Waals surface area contributed by atoms with Crippen LogP contribution in [0, 0.1) is 11.3 Å². The lowest BCUT2D eigenvalue weighted by Gasteiger charge is -2.27. The maximum atomic E-state index is 10.9. The highest BCUT2D eigenvalue weighted by Crippen LogP contribution is 2.32. The van der Waals surface area contributed by atoms with E-state index in [9.17, 15) is 4.79 Å². The summed E-state index contributed by atoms with van der Waals surface area (Å²) in [6, 6.07) is 0. The summed E-state index contributed by atoms with van der Waals surface area (Å²) in [5.74, 6) is 0.373. The molecule has 66 valence electrons. The molecule has 0 aliphatic heterocycles.